The summed E-state index contributed by atoms with van der Waals surface area (Å²) in [6.45, 7) is 3.02. The van der Waals surface area contributed by atoms with Crippen molar-refractivity contribution in [2.24, 2.45) is 5.92 Å². The summed E-state index contributed by atoms with van der Waals surface area (Å²) in [6, 6.07) is 0.793. The number of rotatable bonds is 4. The summed E-state index contributed by atoms with van der Waals surface area (Å²) in [7, 11) is 0. The molecule has 2 aliphatic rings. The largest absolute Gasteiger partial charge is 0.352 e. The predicted molar refractivity (Wildman–Crippen MR) is 70.8 cm³/mol. The van der Waals surface area contributed by atoms with Gasteiger partial charge in [0.2, 0.25) is 0 Å². The van der Waals surface area contributed by atoms with Gasteiger partial charge in [-0.25, -0.2) is 4.98 Å². The Bertz CT molecular complexity index is 446. The lowest BCUT2D eigenvalue weighted by Gasteiger charge is -2.32. The highest BCUT2D eigenvalue weighted by atomic mass is 16.1. The fraction of sp³-hybridized carbons (Fsp3) is 0.692. The molecule has 5 heteroatoms. The zero-order valence-electron chi connectivity index (χ0n) is 10.6. The molecule has 0 radical (unpaired) electrons. The zero-order chi connectivity index (χ0) is 12.4. The molecule has 1 saturated carbocycles. The monoisotopic (exact) mass is 248 g/mol. The number of anilines is 1. The molecule has 0 spiro atoms. The molecule has 1 aliphatic heterocycles. The topological polar surface area (TPSA) is 61.0 Å². The van der Waals surface area contributed by atoms with Gasteiger partial charge in [-0.1, -0.05) is 0 Å². The molecule has 0 unspecified atom stereocenters. The summed E-state index contributed by atoms with van der Waals surface area (Å²) in [5.74, 6) is 1.33. The summed E-state index contributed by atoms with van der Waals surface area (Å²) in [4.78, 5) is 20.6. The normalized spacial score (nSPS) is 21.2. The van der Waals surface area contributed by atoms with E-state index in [1.54, 1.807) is 12.4 Å². The number of nitrogens with one attached hydrogen (secondary N) is 2. The molecule has 18 heavy (non-hydrogen) atoms. The smallest absolute Gasteiger partial charge is 0.290 e. The van der Waals surface area contributed by atoms with Gasteiger partial charge in [-0.15, -0.1) is 0 Å². The molecule has 98 valence electrons. The SMILES string of the molecule is O=c1[nH]ccnc1N1CCC(CNC2CC2)CC1. The second-order valence-electron chi connectivity index (χ2n) is 5.35. The molecular formula is C13H20N4O. The van der Waals surface area contributed by atoms with Crippen LogP contribution in [-0.4, -0.2) is 35.6 Å². The quantitative estimate of drug-likeness (QED) is 0.825. The first-order valence-electron chi connectivity index (χ1n) is 6.85. The van der Waals surface area contributed by atoms with Gasteiger partial charge >= 0.3 is 0 Å². The lowest BCUT2D eigenvalue weighted by atomic mass is 9.97. The molecule has 0 aromatic carbocycles. The molecule has 1 saturated heterocycles. The van der Waals surface area contributed by atoms with Crippen molar-refractivity contribution in [1.82, 2.24) is 15.3 Å². The molecular weight excluding hydrogens is 228 g/mol. The highest BCUT2D eigenvalue weighted by Crippen LogP contribution is 2.22. The van der Waals surface area contributed by atoms with Crippen molar-refractivity contribution in [2.45, 2.75) is 31.7 Å². The molecule has 1 aromatic rings. The lowest BCUT2D eigenvalue weighted by molar-refractivity contribution is 0.380. The van der Waals surface area contributed by atoms with Crippen LogP contribution >= 0.6 is 0 Å². The molecule has 0 amide bonds. The number of nitrogens with zero attached hydrogens (tertiary/aromatic N) is 2. The van der Waals surface area contributed by atoms with E-state index in [1.807, 2.05) is 0 Å². The average Bonchev–Trinajstić information content (AvgIpc) is 3.22. The van der Waals surface area contributed by atoms with Crippen LogP contribution in [0.1, 0.15) is 25.7 Å². The first-order chi connectivity index (χ1) is 8.83. The molecule has 0 bridgehead atoms. The highest BCUT2D eigenvalue weighted by Gasteiger charge is 2.25. The first kappa shape index (κ1) is 11.7. The van der Waals surface area contributed by atoms with Crippen LogP contribution in [-0.2, 0) is 0 Å². The number of aromatic nitrogens is 2. The third-order valence-electron chi connectivity index (χ3n) is 3.88. The van der Waals surface area contributed by atoms with Crippen LogP contribution in [0, 0.1) is 5.92 Å². The molecule has 1 aromatic heterocycles. The molecule has 2 heterocycles. The Morgan fingerprint density at radius 3 is 2.78 bits per heavy atom. The summed E-state index contributed by atoms with van der Waals surface area (Å²) in [5, 5.41) is 3.59. The number of hydrogen-bond acceptors (Lipinski definition) is 4. The van der Waals surface area contributed by atoms with Gasteiger partial charge < -0.3 is 15.2 Å². The van der Waals surface area contributed by atoms with Crippen LogP contribution in [0.4, 0.5) is 5.82 Å². The minimum Gasteiger partial charge on any atom is -0.352 e. The van der Waals surface area contributed by atoms with Crippen LogP contribution in [0.15, 0.2) is 17.2 Å². The Morgan fingerprint density at radius 1 is 1.33 bits per heavy atom. The number of aromatic amines is 1. The Hall–Kier alpha value is -1.36. The van der Waals surface area contributed by atoms with E-state index in [0.717, 1.165) is 44.4 Å². The van der Waals surface area contributed by atoms with Crippen molar-refractivity contribution >= 4 is 5.82 Å². The number of piperidine rings is 1. The summed E-state index contributed by atoms with van der Waals surface area (Å²) >= 11 is 0. The fourth-order valence-electron chi connectivity index (χ4n) is 2.54. The van der Waals surface area contributed by atoms with Crippen molar-refractivity contribution < 1.29 is 0 Å². The standard InChI is InChI=1S/C13H20N4O/c18-13-12(14-5-6-15-13)17-7-3-10(4-8-17)9-16-11-1-2-11/h5-6,10-11,16H,1-4,7-9H2,(H,15,18). The minimum atomic E-state index is -0.0768. The van der Waals surface area contributed by atoms with E-state index in [9.17, 15) is 4.79 Å². The predicted octanol–water partition coefficient (Wildman–Crippen LogP) is 0.738. The van der Waals surface area contributed by atoms with Gasteiger partial charge in [0.25, 0.3) is 5.56 Å². The van der Waals surface area contributed by atoms with Crippen LogP contribution in [0.25, 0.3) is 0 Å². The molecule has 2 N–H and O–H groups in total. The van der Waals surface area contributed by atoms with E-state index >= 15 is 0 Å². The lowest BCUT2D eigenvalue weighted by Crippen LogP contribution is -2.40. The number of hydrogen-bond donors (Lipinski definition) is 2. The second-order valence-corrected chi connectivity index (χ2v) is 5.35. The molecule has 2 fully saturated rings. The van der Waals surface area contributed by atoms with Crippen LogP contribution in [0.5, 0.6) is 0 Å². The fourth-order valence-corrected chi connectivity index (χ4v) is 2.54. The third kappa shape index (κ3) is 2.72. The van der Waals surface area contributed by atoms with Crippen molar-refractivity contribution in [3.05, 3.63) is 22.7 Å². The van der Waals surface area contributed by atoms with Crippen LogP contribution < -0.4 is 15.8 Å². The van der Waals surface area contributed by atoms with E-state index in [0.29, 0.717) is 5.82 Å². The summed E-state index contributed by atoms with van der Waals surface area (Å²) < 4.78 is 0. The van der Waals surface area contributed by atoms with Gasteiger partial charge in [-0.2, -0.15) is 0 Å². The molecule has 0 atom stereocenters. The van der Waals surface area contributed by atoms with Crippen molar-refractivity contribution in [3.8, 4) is 0 Å². The van der Waals surface area contributed by atoms with Gasteiger partial charge in [0.15, 0.2) is 5.82 Å². The van der Waals surface area contributed by atoms with Gasteiger partial charge in [0.1, 0.15) is 0 Å². The maximum absolute atomic E-state index is 11.7. The van der Waals surface area contributed by atoms with Gasteiger partial charge in [-0.05, 0) is 38.1 Å². The second kappa shape index (κ2) is 5.10. The third-order valence-corrected chi connectivity index (χ3v) is 3.88. The van der Waals surface area contributed by atoms with Crippen molar-refractivity contribution in [1.29, 1.82) is 0 Å². The van der Waals surface area contributed by atoms with Crippen molar-refractivity contribution in [3.63, 3.8) is 0 Å². The summed E-state index contributed by atoms with van der Waals surface area (Å²) in [5.41, 5.74) is -0.0768. The van der Waals surface area contributed by atoms with Gasteiger partial charge in [-0.3, -0.25) is 4.79 Å². The van der Waals surface area contributed by atoms with Crippen molar-refractivity contribution in [2.75, 3.05) is 24.5 Å². The maximum Gasteiger partial charge on any atom is 0.290 e. The highest BCUT2D eigenvalue weighted by molar-refractivity contribution is 5.35. The van der Waals surface area contributed by atoms with Crippen LogP contribution in [0.2, 0.25) is 0 Å². The Labute approximate surface area is 107 Å². The molecule has 1 aliphatic carbocycles. The molecule has 3 rings (SSSR count). The molecule has 5 nitrogen and oxygen atoms in total. The van der Waals surface area contributed by atoms with E-state index in [-0.39, 0.29) is 5.56 Å². The maximum atomic E-state index is 11.7. The van der Waals surface area contributed by atoms with E-state index in [2.05, 4.69) is 20.2 Å². The van der Waals surface area contributed by atoms with Crippen LogP contribution in [0.3, 0.4) is 0 Å². The average molecular weight is 248 g/mol. The van der Waals surface area contributed by atoms with E-state index in [1.165, 1.54) is 12.8 Å². The van der Waals surface area contributed by atoms with E-state index < -0.39 is 0 Å². The summed E-state index contributed by atoms with van der Waals surface area (Å²) in [6.07, 6.45) is 8.23. The van der Waals surface area contributed by atoms with Gasteiger partial charge in [0, 0.05) is 31.5 Å². The number of H-pyrrole nitrogens is 1. The minimum absolute atomic E-state index is 0.0768. The Balaban J connectivity index is 1.53. The zero-order valence-corrected chi connectivity index (χ0v) is 10.6. The van der Waals surface area contributed by atoms with Gasteiger partial charge in [0.05, 0.1) is 0 Å². The Morgan fingerprint density at radius 2 is 2.11 bits per heavy atom. The first-order valence-corrected chi connectivity index (χ1v) is 6.85. The Kier molecular flexibility index (Phi) is 3.32. The van der Waals surface area contributed by atoms with E-state index in [4.69, 9.17) is 0 Å².